The molecule has 0 aliphatic heterocycles. The zero-order chi connectivity index (χ0) is 20.1. The normalized spacial score (nSPS) is 14.3. The first-order valence-corrected chi connectivity index (χ1v) is 9.69. The Hall–Kier alpha value is -2.63. The van der Waals surface area contributed by atoms with Gasteiger partial charge >= 0.3 is 0 Å². The van der Waals surface area contributed by atoms with Crippen LogP contribution in [0.5, 0.6) is 0 Å². The molecule has 0 saturated heterocycles. The topological polar surface area (TPSA) is 81.1 Å². The lowest BCUT2D eigenvalue weighted by Gasteiger charge is -2.19. The number of hydrogen-bond donors (Lipinski definition) is 2. The summed E-state index contributed by atoms with van der Waals surface area (Å²) in [6.45, 7) is 4.08. The Morgan fingerprint density at radius 1 is 1.14 bits per heavy atom. The first kappa shape index (κ1) is 20.1. The van der Waals surface area contributed by atoms with Crippen LogP contribution in [0.25, 0.3) is 0 Å². The number of aromatic nitrogens is 1. The number of amides is 1. The van der Waals surface area contributed by atoms with E-state index in [9.17, 15) is 4.79 Å². The lowest BCUT2D eigenvalue weighted by molar-refractivity contribution is 0.0938. The predicted molar refractivity (Wildman–Crippen MR) is 110 cm³/mol. The summed E-state index contributed by atoms with van der Waals surface area (Å²) in [4.78, 5) is 17.2. The van der Waals surface area contributed by atoms with Crippen molar-refractivity contribution in [2.24, 2.45) is 11.7 Å². The molecule has 1 heterocycles. The Morgan fingerprint density at radius 3 is 2.43 bits per heavy atom. The van der Waals surface area contributed by atoms with Crippen molar-refractivity contribution in [2.75, 3.05) is 0 Å². The Labute approximate surface area is 169 Å². The fraction of sp³-hybridized carbons (Fsp3) is 0.273. The number of nitrogens with one attached hydrogen (secondary N) is 1. The molecule has 0 aliphatic rings. The van der Waals surface area contributed by atoms with Crippen LogP contribution in [0.2, 0.25) is 5.02 Å². The smallest absolute Gasteiger partial charge is 0.273 e. The average molecular weight is 398 g/mol. The first-order valence-electron chi connectivity index (χ1n) is 9.31. The first-order chi connectivity index (χ1) is 13.5. The molecule has 3 N–H and O–H groups in total. The van der Waals surface area contributed by atoms with Crippen molar-refractivity contribution in [1.82, 2.24) is 10.3 Å². The molecular weight excluding hydrogens is 374 g/mol. The van der Waals surface area contributed by atoms with Gasteiger partial charge in [-0.3, -0.25) is 4.79 Å². The molecule has 1 amide bonds. The van der Waals surface area contributed by atoms with Crippen LogP contribution < -0.4 is 11.1 Å². The lowest BCUT2D eigenvalue weighted by atomic mass is 9.98. The molecule has 0 radical (unpaired) electrons. The van der Waals surface area contributed by atoms with Crippen molar-refractivity contribution >= 4 is 17.5 Å². The van der Waals surface area contributed by atoms with Gasteiger partial charge in [0.15, 0.2) is 5.69 Å². The number of carbonyl (C=O) groups is 1. The highest BCUT2D eigenvalue weighted by Crippen LogP contribution is 2.25. The number of rotatable bonds is 7. The number of carbonyl (C=O) groups excluding carboxylic acids is 1. The van der Waals surface area contributed by atoms with E-state index in [1.165, 1.54) is 6.26 Å². The molecule has 5 nitrogen and oxygen atoms in total. The summed E-state index contributed by atoms with van der Waals surface area (Å²) in [6.07, 6.45) is 2.26. The molecule has 3 atom stereocenters. The van der Waals surface area contributed by atoms with E-state index in [4.69, 9.17) is 21.8 Å². The van der Waals surface area contributed by atoms with E-state index in [0.717, 1.165) is 17.5 Å². The summed E-state index contributed by atoms with van der Waals surface area (Å²) in [6, 6.07) is 16.5. The number of oxazole rings is 1. The maximum Gasteiger partial charge on any atom is 0.273 e. The van der Waals surface area contributed by atoms with Crippen LogP contribution >= 0.6 is 11.6 Å². The number of hydrogen-bond acceptors (Lipinski definition) is 4. The van der Waals surface area contributed by atoms with Gasteiger partial charge in [0.05, 0.1) is 12.1 Å². The quantitative estimate of drug-likeness (QED) is 0.594. The Kier molecular flexibility index (Phi) is 6.49. The van der Waals surface area contributed by atoms with E-state index < -0.39 is 0 Å². The average Bonchev–Trinajstić information content (AvgIpc) is 3.22. The third kappa shape index (κ3) is 4.61. The van der Waals surface area contributed by atoms with E-state index >= 15 is 0 Å². The molecule has 3 rings (SSSR count). The second-order valence-corrected chi connectivity index (χ2v) is 7.29. The third-order valence-corrected chi connectivity index (χ3v) is 5.16. The second kappa shape index (κ2) is 9.04. The number of benzene rings is 2. The van der Waals surface area contributed by atoms with E-state index in [0.29, 0.717) is 10.9 Å². The van der Waals surface area contributed by atoms with Crippen LogP contribution in [0.1, 0.15) is 59.9 Å². The zero-order valence-corrected chi connectivity index (χ0v) is 16.7. The van der Waals surface area contributed by atoms with Crippen molar-refractivity contribution in [1.29, 1.82) is 0 Å². The minimum Gasteiger partial charge on any atom is -0.446 e. The van der Waals surface area contributed by atoms with Crippen LogP contribution in [0.3, 0.4) is 0 Å². The number of nitrogens with two attached hydrogens (primary N) is 1. The summed E-state index contributed by atoms with van der Waals surface area (Å²) in [5.41, 5.74) is 8.25. The molecule has 3 unspecified atom stereocenters. The maximum absolute atomic E-state index is 12.8. The molecule has 146 valence electrons. The highest BCUT2D eigenvalue weighted by atomic mass is 35.5. The SMILES string of the molecule is CCC(C)C(N)c1nc(C(=O)NC(c2ccccc2)c2ccc(Cl)cc2)co1. The van der Waals surface area contributed by atoms with Gasteiger partial charge in [0.1, 0.15) is 6.26 Å². The van der Waals surface area contributed by atoms with Crippen molar-refractivity contribution in [3.8, 4) is 0 Å². The minimum absolute atomic E-state index is 0.209. The van der Waals surface area contributed by atoms with Crippen LogP contribution in [0, 0.1) is 5.92 Å². The van der Waals surface area contributed by atoms with Gasteiger partial charge < -0.3 is 15.5 Å². The van der Waals surface area contributed by atoms with Gasteiger partial charge in [-0.25, -0.2) is 4.98 Å². The largest absolute Gasteiger partial charge is 0.446 e. The van der Waals surface area contributed by atoms with Crippen molar-refractivity contribution in [3.63, 3.8) is 0 Å². The van der Waals surface area contributed by atoms with Crippen LogP contribution in [-0.2, 0) is 0 Å². The molecule has 1 aromatic heterocycles. The molecule has 28 heavy (non-hydrogen) atoms. The van der Waals surface area contributed by atoms with Gasteiger partial charge in [0, 0.05) is 5.02 Å². The summed E-state index contributed by atoms with van der Waals surface area (Å²) < 4.78 is 5.46. The second-order valence-electron chi connectivity index (χ2n) is 6.85. The van der Waals surface area contributed by atoms with Gasteiger partial charge in [0.25, 0.3) is 5.91 Å². The molecule has 0 fully saturated rings. The fourth-order valence-corrected chi connectivity index (χ4v) is 3.03. The van der Waals surface area contributed by atoms with E-state index in [1.54, 1.807) is 12.1 Å². The van der Waals surface area contributed by atoms with E-state index in [2.05, 4.69) is 17.2 Å². The molecule has 0 saturated carbocycles. The van der Waals surface area contributed by atoms with E-state index in [-0.39, 0.29) is 29.6 Å². The molecule has 6 heteroatoms. The van der Waals surface area contributed by atoms with Gasteiger partial charge in [0.2, 0.25) is 5.89 Å². The molecule has 2 aromatic carbocycles. The Bertz CT molecular complexity index is 909. The summed E-state index contributed by atoms with van der Waals surface area (Å²) in [7, 11) is 0. The van der Waals surface area contributed by atoms with Gasteiger partial charge in [-0.05, 0) is 29.2 Å². The number of nitrogens with zero attached hydrogens (tertiary/aromatic N) is 1. The molecule has 0 aliphatic carbocycles. The predicted octanol–water partition coefficient (Wildman–Crippen LogP) is 4.89. The molecule has 0 spiro atoms. The van der Waals surface area contributed by atoms with Crippen molar-refractivity contribution in [2.45, 2.75) is 32.4 Å². The Morgan fingerprint density at radius 2 is 1.79 bits per heavy atom. The van der Waals surface area contributed by atoms with Crippen LogP contribution in [0.15, 0.2) is 65.3 Å². The standard InChI is InChI=1S/C22H24ClN3O2/c1-3-14(2)19(24)22-25-18(13-28-22)21(27)26-20(15-7-5-4-6-8-15)16-9-11-17(23)12-10-16/h4-14,19-20H,3,24H2,1-2H3,(H,26,27). The van der Waals surface area contributed by atoms with Crippen LogP contribution in [0.4, 0.5) is 0 Å². The van der Waals surface area contributed by atoms with Crippen molar-refractivity contribution in [3.05, 3.63) is 88.6 Å². The van der Waals surface area contributed by atoms with E-state index in [1.807, 2.05) is 49.4 Å². The third-order valence-electron chi connectivity index (χ3n) is 4.91. The van der Waals surface area contributed by atoms with Gasteiger partial charge in [-0.15, -0.1) is 0 Å². The van der Waals surface area contributed by atoms with Gasteiger partial charge in [-0.2, -0.15) is 0 Å². The fourth-order valence-electron chi connectivity index (χ4n) is 2.91. The molecule has 3 aromatic rings. The summed E-state index contributed by atoms with van der Waals surface area (Å²) >= 11 is 6.01. The maximum atomic E-state index is 12.8. The highest BCUT2D eigenvalue weighted by molar-refractivity contribution is 6.30. The van der Waals surface area contributed by atoms with Gasteiger partial charge in [-0.1, -0.05) is 74.3 Å². The van der Waals surface area contributed by atoms with Crippen molar-refractivity contribution < 1.29 is 9.21 Å². The van der Waals surface area contributed by atoms with Crippen LogP contribution in [-0.4, -0.2) is 10.9 Å². The Balaban J connectivity index is 1.84. The molecular formula is C22H24ClN3O2. The summed E-state index contributed by atoms with van der Waals surface area (Å²) in [5.74, 6) is 0.262. The zero-order valence-electron chi connectivity index (χ0n) is 15.9. The summed E-state index contributed by atoms with van der Waals surface area (Å²) in [5, 5.41) is 3.68. The number of halogens is 1. The minimum atomic E-state index is -0.340. The molecule has 0 bridgehead atoms. The highest BCUT2D eigenvalue weighted by Gasteiger charge is 2.23. The lowest BCUT2D eigenvalue weighted by Crippen LogP contribution is -2.29. The monoisotopic (exact) mass is 397 g/mol.